The van der Waals surface area contributed by atoms with Gasteiger partial charge in [0.1, 0.15) is 4.90 Å². The van der Waals surface area contributed by atoms with E-state index in [4.69, 9.17) is 0 Å². The second-order valence-electron chi connectivity index (χ2n) is 5.67. The van der Waals surface area contributed by atoms with Crippen molar-refractivity contribution in [3.05, 3.63) is 11.4 Å². The van der Waals surface area contributed by atoms with Crippen molar-refractivity contribution in [2.75, 3.05) is 26.7 Å². The number of sulfonamides is 1. The van der Waals surface area contributed by atoms with Gasteiger partial charge in [-0.3, -0.25) is 5.10 Å². The third kappa shape index (κ3) is 4.03. The van der Waals surface area contributed by atoms with Crippen molar-refractivity contribution in [3.8, 4) is 0 Å². The summed E-state index contributed by atoms with van der Waals surface area (Å²) in [5, 5.41) is 10.1. The molecule has 3 N–H and O–H groups in total. The molecule has 120 valence electrons. The Bertz CT molecular complexity index is 569. The molecule has 0 aliphatic carbocycles. The smallest absolute Gasteiger partial charge is 0.244 e. The van der Waals surface area contributed by atoms with Crippen molar-refractivity contribution in [1.29, 1.82) is 0 Å². The Kier molecular flexibility index (Phi) is 5.37. The van der Waals surface area contributed by atoms with Crippen molar-refractivity contribution in [3.63, 3.8) is 0 Å². The minimum Gasteiger partial charge on any atom is -0.311 e. The van der Waals surface area contributed by atoms with Crippen molar-refractivity contribution in [2.24, 2.45) is 0 Å². The highest BCUT2D eigenvalue weighted by atomic mass is 32.2. The maximum absolute atomic E-state index is 12.6. The summed E-state index contributed by atoms with van der Waals surface area (Å²) in [4.78, 5) is 2.42. The maximum Gasteiger partial charge on any atom is 0.244 e. The van der Waals surface area contributed by atoms with E-state index in [0.29, 0.717) is 22.8 Å². The molecule has 0 radical (unpaired) electrons. The molecule has 0 bridgehead atoms. The average molecular weight is 315 g/mol. The number of hydrogen-bond acceptors (Lipinski definition) is 5. The minimum atomic E-state index is -3.53. The summed E-state index contributed by atoms with van der Waals surface area (Å²) >= 11 is 0. The number of rotatable bonds is 7. The van der Waals surface area contributed by atoms with Crippen LogP contribution in [0.5, 0.6) is 0 Å². The molecule has 7 nitrogen and oxygen atoms in total. The third-order valence-corrected chi connectivity index (χ3v) is 5.39. The van der Waals surface area contributed by atoms with E-state index in [0.717, 1.165) is 32.5 Å². The molecule has 0 saturated carbocycles. The van der Waals surface area contributed by atoms with Gasteiger partial charge in [0, 0.05) is 19.1 Å². The van der Waals surface area contributed by atoms with Gasteiger partial charge in [-0.05, 0) is 39.9 Å². The van der Waals surface area contributed by atoms with Gasteiger partial charge in [0.15, 0.2) is 0 Å². The van der Waals surface area contributed by atoms with Crippen LogP contribution in [0.15, 0.2) is 4.90 Å². The van der Waals surface area contributed by atoms with Gasteiger partial charge < -0.3 is 10.2 Å². The average Bonchev–Trinajstić information content (AvgIpc) is 2.96. The Balaban J connectivity index is 2.13. The molecule has 1 aromatic heterocycles. The van der Waals surface area contributed by atoms with Gasteiger partial charge in [-0.1, -0.05) is 6.92 Å². The van der Waals surface area contributed by atoms with Crippen LogP contribution in [0.2, 0.25) is 0 Å². The standard InChI is InChI=1S/C13H25N5O2S/c1-4-6-14-8-12-13(10(2)15-16-12)21(19,20)17-11-5-7-18(3)9-11/h11,14,17H,4-9H2,1-3H3,(H,15,16). The summed E-state index contributed by atoms with van der Waals surface area (Å²) in [5.74, 6) is 0. The predicted octanol–water partition coefficient (Wildman–Crippen LogP) is 0.200. The fourth-order valence-corrected chi connectivity index (χ4v) is 4.26. The second-order valence-corrected chi connectivity index (χ2v) is 7.32. The molecule has 1 unspecified atom stereocenters. The van der Waals surface area contributed by atoms with Crippen molar-refractivity contribution >= 4 is 10.0 Å². The number of hydrogen-bond donors (Lipinski definition) is 3. The van der Waals surface area contributed by atoms with Crippen LogP contribution >= 0.6 is 0 Å². The summed E-state index contributed by atoms with van der Waals surface area (Å²) in [6, 6.07) is -0.0225. The summed E-state index contributed by atoms with van der Waals surface area (Å²) in [6.45, 7) is 6.78. The Labute approximate surface area is 126 Å². The highest BCUT2D eigenvalue weighted by Crippen LogP contribution is 2.19. The molecule has 1 fully saturated rings. The van der Waals surface area contributed by atoms with Crippen molar-refractivity contribution < 1.29 is 8.42 Å². The Morgan fingerprint density at radius 3 is 2.86 bits per heavy atom. The van der Waals surface area contributed by atoms with E-state index >= 15 is 0 Å². The molecular weight excluding hydrogens is 290 g/mol. The van der Waals surface area contributed by atoms with E-state index in [9.17, 15) is 8.42 Å². The number of H-pyrrole nitrogens is 1. The van der Waals surface area contributed by atoms with Crippen molar-refractivity contribution in [1.82, 2.24) is 25.1 Å². The lowest BCUT2D eigenvalue weighted by molar-refractivity contribution is 0.407. The van der Waals surface area contributed by atoms with Gasteiger partial charge >= 0.3 is 0 Å². The van der Waals surface area contributed by atoms with Gasteiger partial charge in [0.25, 0.3) is 0 Å². The molecule has 0 aromatic carbocycles. The first-order valence-corrected chi connectivity index (χ1v) is 8.87. The fourth-order valence-electron chi connectivity index (χ4n) is 2.64. The first-order chi connectivity index (χ1) is 9.94. The first kappa shape index (κ1) is 16.4. The summed E-state index contributed by atoms with van der Waals surface area (Å²) in [5.41, 5.74) is 1.14. The molecule has 1 aliphatic heterocycles. The van der Waals surface area contributed by atoms with Crippen LogP contribution in [0.3, 0.4) is 0 Å². The molecule has 1 saturated heterocycles. The zero-order chi connectivity index (χ0) is 15.5. The zero-order valence-corrected chi connectivity index (χ0v) is 13.8. The number of nitrogens with one attached hydrogen (secondary N) is 3. The van der Waals surface area contributed by atoms with E-state index in [1.54, 1.807) is 6.92 Å². The van der Waals surface area contributed by atoms with Crippen molar-refractivity contribution in [2.45, 2.75) is 44.2 Å². The van der Waals surface area contributed by atoms with E-state index in [-0.39, 0.29) is 6.04 Å². The highest BCUT2D eigenvalue weighted by molar-refractivity contribution is 7.89. The lowest BCUT2D eigenvalue weighted by Gasteiger charge is -2.14. The Morgan fingerprint density at radius 1 is 1.48 bits per heavy atom. The number of aryl methyl sites for hydroxylation is 1. The lowest BCUT2D eigenvalue weighted by Crippen LogP contribution is -2.37. The zero-order valence-electron chi connectivity index (χ0n) is 12.9. The van der Waals surface area contributed by atoms with Crippen LogP contribution < -0.4 is 10.0 Å². The molecule has 0 spiro atoms. The lowest BCUT2D eigenvalue weighted by atomic mass is 10.3. The van der Waals surface area contributed by atoms with Crippen LogP contribution in [0, 0.1) is 6.92 Å². The van der Waals surface area contributed by atoms with Crippen LogP contribution in [0.1, 0.15) is 31.2 Å². The molecule has 2 rings (SSSR count). The highest BCUT2D eigenvalue weighted by Gasteiger charge is 2.29. The third-order valence-electron chi connectivity index (χ3n) is 3.66. The largest absolute Gasteiger partial charge is 0.311 e. The van der Waals surface area contributed by atoms with E-state index < -0.39 is 10.0 Å². The van der Waals surface area contributed by atoms with Crippen LogP contribution in [0.4, 0.5) is 0 Å². The Hall–Kier alpha value is -0.960. The minimum absolute atomic E-state index is 0.0225. The van der Waals surface area contributed by atoms with Gasteiger partial charge in [-0.25, -0.2) is 13.1 Å². The van der Waals surface area contributed by atoms with E-state index in [2.05, 4.69) is 32.1 Å². The number of likely N-dealkylation sites (tertiary alicyclic amines) is 1. The topological polar surface area (TPSA) is 90.1 Å². The number of aromatic amines is 1. The molecule has 8 heteroatoms. The molecule has 0 amide bonds. The van der Waals surface area contributed by atoms with Gasteiger partial charge in [-0.2, -0.15) is 5.10 Å². The van der Waals surface area contributed by atoms with Gasteiger partial charge in [-0.15, -0.1) is 0 Å². The molecule has 21 heavy (non-hydrogen) atoms. The predicted molar refractivity (Wildman–Crippen MR) is 81.5 cm³/mol. The first-order valence-electron chi connectivity index (χ1n) is 7.39. The second kappa shape index (κ2) is 6.87. The normalized spacial score (nSPS) is 20.2. The molecule has 1 aliphatic rings. The van der Waals surface area contributed by atoms with Gasteiger partial charge in [0.2, 0.25) is 10.0 Å². The van der Waals surface area contributed by atoms with Crippen LogP contribution in [-0.2, 0) is 16.6 Å². The summed E-state index contributed by atoms with van der Waals surface area (Å²) < 4.78 is 28.0. The number of aromatic nitrogens is 2. The monoisotopic (exact) mass is 315 g/mol. The van der Waals surface area contributed by atoms with Gasteiger partial charge in [0.05, 0.1) is 11.4 Å². The number of likely N-dealkylation sites (N-methyl/N-ethyl adjacent to an activating group) is 1. The molecule has 1 atom stereocenters. The van der Waals surface area contributed by atoms with E-state index in [1.165, 1.54) is 0 Å². The summed E-state index contributed by atoms with van der Waals surface area (Å²) in [6.07, 6.45) is 1.84. The van der Waals surface area contributed by atoms with Crippen LogP contribution in [0.25, 0.3) is 0 Å². The van der Waals surface area contributed by atoms with E-state index in [1.807, 2.05) is 7.05 Å². The van der Waals surface area contributed by atoms with Crippen LogP contribution in [-0.4, -0.2) is 56.2 Å². The molecule has 1 aromatic rings. The molecule has 2 heterocycles. The fraction of sp³-hybridized carbons (Fsp3) is 0.769. The summed E-state index contributed by atoms with van der Waals surface area (Å²) in [7, 11) is -1.54. The Morgan fingerprint density at radius 2 is 2.24 bits per heavy atom. The number of nitrogens with zero attached hydrogens (tertiary/aromatic N) is 2. The quantitative estimate of drug-likeness (QED) is 0.625. The molecular formula is C13H25N5O2S. The SMILES string of the molecule is CCCNCc1n[nH]c(C)c1S(=O)(=O)NC1CCN(C)C1. The maximum atomic E-state index is 12.6.